The Labute approximate surface area is 196 Å². The topological polar surface area (TPSA) is 127 Å². The summed E-state index contributed by atoms with van der Waals surface area (Å²) in [5.41, 5.74) is 4.18. The van der Waals surface area contributed by atoms with E-state index in [9.17, 15) is 14.7 Å². The molecular weight excluding hydrogens is 432 g/mol. The van der Waals surface area contributed by atoms with Gasteiger partial charge in [0.15, 0.2) is 0 Å². The molecule has 2 aromatic heterocycles. The second-order valence-corrected chi connectivity index (χ2v) is 8.14. The van der Waals surface area contributed by atoms with Gasteiger partial charge in [0.25, 0.3) is 5.56 Å². The minimum Gasteiger partial charge on any atom is -0.481 e. The lowest BCUT2D eigenvalue weighted by Gasteiger charge is -2.16. The summed E-state index contributed by atoms with van der Waals surface area (Å²) < 4.78 is 1.61. The molecule has 0 saturated heterocycles. The fourth-order valence-electron chi connectivity index (χ4n) is 3.98. The summed E-state index contributed by atoms with van der Waals surface area (Å²) in [7, 11) is 0. The fraction of sp³-hybridized carbons (Fsp3) is 0.280. The molecule has 0 fully saturated rings. The number of aromatic amines is 1. The van der Waals surface area contributed by atoms with Crippen LogP contribution >= 0.6 is 0 Å². The molecule has 0 saturated carbocycles. The smallest absolute Gasteiger partial charge is 0.308 e. The Morgan fingerprint density at radius 3 is 2.47 bits per heavy atom. The Kier molecular flexibility index (Phi) is 6.91. The van der Waals surface area contributed by atoms with Gasteiger partial charge in [0.2, 0.25) is 5.82 Å². The fourth-order valence-corrected chi connectivity index (χ4v) is 3.98. The SMILES string of the molecule is CCCCc1nc(C)c(CC(=O)O)c(=O)n1Cc1ccc(-c2ccccc2-c2nn[nH]n2)cc1. The maximum atomic E-state index is 13.2. The summed E-state index contributed by atoms with van der Waals surface area (Å²) in [6.45, 7) is 4.11. The van der Waals surface area contributed by atoms with Crippen LogP contribution in [0.2, 0.25) is 0 Å². The highest BCUT2D eigenvalue weighted by atomic mass is 16.4. The first-order valence-corrected chi connectivity index (χ1v) is 11.2. The normalized spacial score (nSPS) is 11.0. The van der Waals surface area contributed by atoms with Crippen molar-refractivity contribution in [1.29, 1.82) is 0 Å². The van der Waals surface area contributed by atoms with Crippen molar-refractivity contribution in [2.45, 2.75) is 46.1 Å². The Balaban J connectivity index is 1.68. The van der Waals surface area contributed by atoms with E-state index in [2.05, 4.69) is 32.5 Å². The highest BCUT2D eigenvalue weighted by Crippen LogP contribution is 2.29. The molecule has 2 aromatic carbocycles. The molecule has 0 atom stereocenters. The summed E-state index contributed by atoms with van der Waals surface area (Å²) in [6.07, 6.45) is 2.20. The Morgan fingerprint density at radius 1 is 1.09 bits per heavy atom. The van der Waals surface area contributed by atoms with E-state index >= 15 is 0 Å². The van der Waals surface area contributed by atoms with E-state index in [0.717, 1.165) is 35.1 Å². The average molecular weight is 459 g/mol. The van der Waals surface area contributed by atoms with Gasteiger partial charge in [-0.25, -0.2) is 4.98 Å². The van der Waals surface area contributed by atoms with Crippen LogP contribution in [-0.2, 0) is 24.2 Å². The third-order valence-corrected chi connectivity index (χ3v) is 5.75. The number of tetrazole rings is 1. The predicted molar refractivity (Wildman–Crippen MR) is 127 cm³/mol. The number of nitrogens with one attached hydrogen (secondary N) is 1. The zero-order chi connectivity index (χ0) is 24.1. The van der Waals surface area contributed by atoms with E-state index in [1.165, 1.54) is 0 Å². The lowest BCUT2D eigenvalue weighted by Crippen LogP contribution is -2.31. The predicted octanol–water partition coefficient (Wildman–Crippen LogP) is 3.42. The maximum absolute atomic E-state index is 13.2. The van der Waals surface area contributed by atoms with E-state index in [0.29, 0.717) is 30.3 Å². The van der Waals surface area contributed by atoms with Gasteiger partial charge in [0, 0.05) is 23.2 Å². The zero-order valence-electron chi connectivity index (χ0n) is 19.2. The minimum atomic E-state index is -1.04. The third kappa shape index (κ3) is 4.93. The molecule has 0 bridgehead atoms. The Bertz CT molecular complexity index is 1340. The van der Waals surface area contributed by atoms with Crippen molar-refractivity contribution in [1.82, 2.24) is 30.2 Å². The van der Waals surface area contributed by atoms with E-state index in [1.54, 1.807) is 11.5 Å². The van der Waals surface area contributed by atoms with Gasteiger partial charge in [-0.3, -0.25) is 14.2 Å². The van der Waals surface area contributed by atoms with E-state index < -0.39 is 5.97 Å². The molecule has 0 aliphatic carbocycles. The standard InChI is InChI=1S/C25H26N6O3/c1-3-4-9-22-26-16(2)21(14-23(32)33)25(34)31(22)15-17-10-12-18(13-11-17)19-7-5-6-8-20(19)24-27-29-30-28-24/h5-8,10-13H,3-4,9,14-15H2,1-2H3,(H,32,33)(H,27,28,29,30). The van der Waals surface area contributed by atoms with E-state index in [-0.39, 0.29) is 17.5 Å². The molecule has 4 rings (SSSR count). The molecule has 9 heteroatoms. The van der Waals surface area contributed by atoms with Crippen LogP contribution in [0.1, 0.15) is 42.4 Å². The molecule has 4 aromatic rings. The number of aliphatic carboxylic acids is 1. The highest BCUT2D eigenvalue weighted by molar-refractivity contribution is 5.80. The molecular formula is C25H26N6O3. The number of aryl methyl sites for hydroxylation is 2. The average Bonchev–Trinajstić information content (AvgIpc) is 3.38. The molecule has 9 nitrogen and oxygen atoms in total. The van der Waals surface area contributed by atoms with Crippen LogP contribution in [-0.4, -0.2) is 41.3 Å². The van der Waals surface area contributed by atoms with Crippen molar-refractivity contribution >= 4 is 5.97 Å². The van der Waals surface area contributed by atoms with Gasteiger partial charge < -0.3 is 5.11 Å². The summed E-state index contributed by atoms with van der Waals surface area (Å²) in [4.78, 5) is 29.1. The largest absolute Gasteiger partial charge is 0.481 e. The lowest BCUT2D eigenvalue weighted by molar-refractivity contribution is -0.136. The minimum absolute atomic E-state index is 0.235. The van der Waals surface area contributed by atoms with Crippen LogP contribution in [0, 0.1) is 6.92 Å². The van der Waals surface area contributed by atoms with Crippen LogP contribution in [0.5, 0.6) is 0 Å². The van der Waals surface area contributed by atoms with Gasteiger partial charge in [-0.05, 0) is 35.2 Å². The number of hydrogen-bond acceptors (Lipinski definition) is 6. The number of carboxylic acids is 1. The van der Waals surface area contributed by atoms with Gasteiger partial charge in [-0.2, -0.15) is 5.21 Å². The molecule has 174 valence electrons. The van der Waals surface area contributed by atoms with Crippen LogP contribution in [0.4, 0.5) is 0 Å². The van der Waals surface area contributed by atoms with Crippen molar-refractivity contribution in [3.8, 4) is 22.5 Å². The molecule has 0 aliphatic rings. The van der Waals surface area contributed by atoms with Crippen LogP contribution in [0.25, 0.3) is 22.5 Å². The van der Waals surface area contributed by atoms with Gasteiger partial charge in [0.05, 0.1) is 13.0 Å². The molecule has 0 radical (unpaired) electrons. The van der Waals surface area contributed by atoms with Crippen molar-refractivity contribution in [2.75, 3.05) is 0 Å². The van der Waals surface area contributed by atoms with Crippen molar-refractivity contribution < 1.29 is 9.90 Å². The Morgan fingerprint density at radius 2 is 1.82 bits per heavy atom. The summed E-state index contributed by atoms with van der Waals surface area (Å²) in [5, 5.41) is 23.6. The van der Waals surface area contributed by atoms with Gasteiger partial charge in [0.1, 0.15) is 5.82 Å². The lowest BCUT2D eigenvalue weighted by atomic mass is 9.98. The number of benzene rings is 2. The second-order valence-electron chi connectivity index (χ2n) is 8.14. The van der Waals surface area contributed by atoms with Crippen LogP contribution in [0.15, 0.2) is 53.3 Å². The zero-order valence-corrected chi connectivity index (χ0v) is 19.2. The summed E-state index contributed by atoms with van der Waals surface area (Å²) >= 11 is 0. The second kappa shape index (κ2) is 10.2. The molecule has 0 unspecified atom stereocenters. The first-order chi connectivity index (χ1) is 16.5. The first kappa shape index (κ1) is 23.0. The van der Waals surface area contributed by atoms with Crippen LogP contribution in [0.3, 0.4) is 0 Å². The number of aromatic nitrogens is 6. The number of unbranched alkanes of at least 4 members (excludes halogenated alkanes) is 1. The number of hydrogen-bond donors (Lipinski definition) is 2. The Hall–Kier alpha value is -4.14. The number of carboxylic acid groups (broad SMARTS) is 1. The van der Waals surface area contributed by atoms with Gasteiger partial charge in [-0.1, -0.05) is 61.9 Å². The number of H-pyrrole nitrogens is 1. The highest BCUT2D eigenvalue weighted by Gasteiger charge is 2.17. The number of nitrogens with zero attached hydrogens (tertiary/aromatic N) is 5. The molecule has 2 heterocycles. The monoisotopic (exact) mass is 458 g/mol. The summed E-state index contributed by atoms with van der Waals surface area (Å²) in [5.74, 6) is 0.160. The van der Waals surface area contributed by atoms with Crippen LogP contribution < -0.4 is 5.56 Å². The third-order valence-electron chi connectivity index (χ3n) is 5.75. The molecule has 0 amide bonds. The van der Waals surface area contributed by atoms with Crippen molar-refractivity contribution in [2.24, 2.45) is 0 Å². The quantitative estimate of drug-likeness (QED) is 0.393. The molecule has 0 spiro atoms. The molecule has 2 N–H and O–H groups in total. The number of rotatable bonds is 9. The van der Waals surface area contributed by atoms with Crippen molar-refractivity contribution in [3.05, 3.63) is 81.5 Å². The summed E-state index contributed by atoms with van der Waals surface area (Å²) in [6, 6.07) is 15.7. The number of carbonyl (C=O) groups is 1. The first-order valence-electron chi connectivity index (χ1n) is 11.2. The molecule has 34 heavy (non-hydrogen) atoms. The van der Waals surface area contributed by atoms with Gasteiger partial charge >= 0.3 is 5.97 Å². The van der Waals surface area contributed by atoms with Crippen molar-refractivity contribution in [3.63, 3.8) is 0 Å². The van der Waals surface area contributed by atoms with E-state index in [4.69, 9.17) is 0 Å². The van der Waals surface area contributed by atoms with E-state index in [1.807, 2.05) is 48.5 Å². The molecule has 0 aliphatic heterocycles. The maximum Gasteiger partial charge on any atom is 0.308 e. The van der Waals surface area contributed by atoms with Gasteiger partial charge in [-0.15, -0.1) is 10.2 Å².